The predicted molar refractivity (Wildman–Crippen MR) is 70.2 cm³/mol. The minimum Gasteiger partial charge on any atom is -0.353 e. The van der Waals surface area contributed by atoms with Gasteiger partial charge >= 0.3 is 0 Å². The smallest absolute Gasteiger partial charge is 0.251 e. The van der Waals surface area contributed by atoms with E-state index in [9.17, 15) is 9.59 Å². The Morgan fingerprint density at radius 3 is 2.89 bits per heavy atom. The van der Waals surface area contributed by atoms with E-state index in [1.807, 2.05) is 0 Å². The van der Waals surface area contributed by atoms with Crippen molar-refractivity contribution in [3.63, 3.8) is 0 Å². The fourth-order valence-corrected chi connectivity index (χ4v) is 1.65. The van der Waals surface area contributed by atoms with Crippen LogP contribution in [0.1, 0.15) is 35.3 Å². The second-order valence-electron chi connectivity index (χ2n) is 4.59. The molecule has 0 atom stereocenters. The number of rotatable bonds is 6. The van der Waals surface area contributed by atoms with Crippen molar-refractivity contribution in [2.75, 3.05) is 6.54 Å². The van der Waals surface area contributed by atoms with E-state index >= 15 is 0 Å². The maximum Gasteiger partial charge on any atom is 0.251 e. The van der Waals surface area contributed by atoms with E-state index in [2.05, 4.69) is 15.6 Å². The Balaban J connectivity index is 1.75. The maximum atomic E-state index is 11.8. The number of pyridine rings is 1. The minimum absolute atomic E-state index is 0.0137. The van der Waals surface area contributed by atoms with Gasteiger partial charge in [0.1, 0.15) is 0 Å². The molecule has 0 aromatic carbocycles. The fourth-order valence-electron chi connectivity index (χ4n) is 1.65. The van der Waals surface area contributed by atoms with E-state index in [0.717, 1.165) is 12.8 Å². The van der Waals surface area contributed by atoms with Crippen LogP contribution in [0, 0.1) is 0 Å². The van der Waals surface area contributed by atoms with Gasteiger partial charge in [-0.3, -0.25) is 14.6 Å². The highest BCUT2D eigenvalue weighted by molar-refractivity contribution is 5.94. The van der Waals surface area contributed by atoms with Crippen molar-refractivity contribution in [3.05, 3.63) is 29.6 Å². The first kappa shape index (κ1) is 13.5. The molecule has 1 aliphatic rings. The Labute approximate surface area is 111 Å². The zero-order valence-corrected chi connectivity index (χ0v) is 10.7. The quantitative estimate of drug-likeness (QED) is 0.669. The number of hydrogen-bond donors (Lipinski definition) is 3. The lowest BCUT2D eigenvalue weighted by Gasteiger charge is -2.06. The van der Waals surface area contributed by atoms with Crippen molar-refractivity contribution >= 4 is 11.8 Å². The average Bonchev–Trinajstić information content (AvgIpc) is 3.22. The van der Waals surface area contributed by atoms with E-state index in [1.165, 1.54) is 0 Å². The molecule has 0 aliphatic heterocycles. The van der Waals surface area contributed by atoms with Gasteiger partial charge in [-0.15, -0.1) is 0 Å². The Bertz CT molecular complexity index is 471. The summed E-state index contributed by atoms with van der Waals surface area (Å²) in [4.78, 5) is 27.3. The molecule has 0 radical (unpaired) electrons. The van der Waals surface area contributed by atoms with Crippen LogP contribution < -0.4 is 16.4 Å². The number of nitrogens with two attached hydrogens (primary N) is 1. The van der Waals surface area contributed by atoms with Gasteiger partial charge in [-0.1, -0.05) is 0 Å². The molecule has 0 unspecified atom stereocenters. The van der Waals surface area contributed by atoms with Gasteiger partial charge in [-0.25, -0.2) is 0 Å². The highest BCUT2D eigenvalue weighted by Gasteiger charge is 2.22. The molecule has 1 aromatic heterocycles. The molecule has 6 nitrogen and oxygen atoms in total. The lowest BCUT2D eigenvalue weighted by atomic mass is 10.2. The molecule has 0 bridgehead atoms. The molecule has 1 aliphatic carbocycles. The molecule has 2 amide bonds. The van der Waals surface area contributed by atoms with Gasteiger partial charge < -0.3 is 16.4 Å². The predicted octanol–water partition coefficient (Wildman–Crippen LogP) is -0.0612. The van der Waals surface area contributed by atoms with Gasteiger partial charge in [0.2, 0.25) is 5.91 Å². The highest BCUT2D eigenvalue weighted by atomic mass is 16.2. The van der Waals surface area contributed by atoms with Crippen LogP contribution in [0.15, 0.2) is 18.3 Å². The molecular weight excluding hydrogens is 244 g/mol. The number of carbonyl (C=O) groups is 2. The van der Waals surface area contributed by atoms with Gasteiger partial charge in [0, 0.05) is 37.3 Å². The van der Waals surface area contributed by atoms with Gasteiger partial charge in [-0.05, 0) is 25.0 Å². The molecule has 1 aromatic rings. The van der Waals surface area contributed by atoms with Crippen molar-refractivity contribution in [3.8, 4) is 0 Å². The summed E-state index contributed by atoms with van der Waals surface area (Å²) < 4.78 is 0. The Hall–Kier alpha value is -1.95. The summed E-state index contributed by atoms with van der Waals surface area (Å²) in [6, 6.07) is 3.63. The number of nitrogens with zero attached hydrogens (tertiary/aromatic N) is 1. The molecular formula is C13H18N4O2. The third kappa shape index (κ3) is 4.33. The number of amides is 2. The summed E-state index contributed by atoms with van der Waals surface area (Å²) in [6.45, 7) is 0.628. The van der Waals surface area contributed by atoms with Crippen LogP contribution in [-0.4, -0.2) is 29.4 Å². The van der Waals surface area contributed by atoms with Crippen LogP contribution in [0.4, 0.5) is 0 Å². The molecule has 0 saturated heterocycles. The molecule has 1 saturated carbocycles. The van der Waals surface area contributed by atoms with Gasteiger partial charge in [-0.2, -0.15) is 0 Å². The molecule has 4 N–H and O–H groups in total. The lowest BCUT2D eigenvalue weighted by molar-refractivity contribution is -0.121. The van der Waals surface area contributed by atoms with Crippen LogP contribution >= 0.6 is 0 Å². The molecule has 1 fully saturated rings. The van der Waals surface area contributed by atoms with Crippen LogP contribution in [0.25, 0.3) is 0 Å². The monoisotopic (exact) mass is 262 g/mol. The first-order valence-electron chi connectivity index (χ1n) is 6.41. The van der Waals surface area contributed by atoms with Crippen molar-refractivity contribution in [1.82, 2.24) is 15.6 Å². The molecule has 2 rings (SSSR count). The largest absolute Gasteiger partial charge is 0.353 e. The van der Waals surface area contributed by atoms with Crippen LogP contribution in [-0.2, 0) is 11.3 Å². The Kier molecular flexibility index (Phi) is 4.46. The minimum atomic E-state index is -0.212. The third-order valence-electron chi connectivity index (χ3n) is 2.87. The van der Waals surface area contributed by atoms with Gasteiger partial charge in [0.05, 0.1) is 5.69 Å². The molecule has 19 heavy (non-hydrogen) atoms. The SMILES string of the molecule is NCc1cc(C(=O)NCCC(=O)NC2CC2)ccn1. The Morgan fingerprint density at radius 1 is 1.42 bits per heavy atom. The van der Waals surface area contributed by atoms with Crippen molar-refractivity contribution in [2.45, 2.75) is 31.8 Å². The van der Waals surface area contributed by atoms with Crippen LogP contribution in [0.5, 0.6) is 0 Å². The van der Waals surface area contributed by atoms with Crippen molar-refractivity contribution in [2.24, 2.45) is 5.73 Å². The molecule has 1 heterocycles. The van der Waals surface area contributed by atoms with E-state index in [-0.39, 0.29) is 11.8 Å². The van der Waals surface area contributed by atoms with Gasteiger partial charge in [0.15, 0.2) is 0 Å². The first-order chi connectivity index (χ1) is 9.19. The standard InChI is InChI=1S/C13H18N4O2/c14-8-11-7-9(3-5-15-11)13(19)16-6-4-12(18)17-10-1-2-10/h3,5,7,10H,1-2,4,6,8,14H2,(H,16,19)(H,17,18). The second-order valence-corrected chi connectivity index (χ2v) is 4.59. The fraction of sp³-hybridized carbons (Fsp3) is 0.462. The summed E-state index contributed by atoms with van der Waals surface area (Å²) in [5.74, 6) is -0.225. The van der Waals surface area contributed by atoms with Crippen LogP contribution in [0.2, 0.25) is 0 Å². The zero-order chi connectivity index (χ0) is 13.7. The maximum absolute atomic E-state index is 11.8. The number of hydrogen-bond acceptors (Lipinski definition) is 4. The summed E-state index contributed by atoms with van der Waals surface area (Å²) in [7, 11) is 0. The lowest BCUT2D eigenvalue weighted by Crippen LogP contribution is -2.31. The highest BCUT2D eigenvalue weighted by Crippen LogP contribution is 2.18. The average molecular weight is 262 g/mol. The van der Waals surface area contributed by atoms with E-state index in [1.54, 1.807) is 18.3 Å². The summed E-state index contributed by atoms with van der Waals surface area (Å²) in [5, 5.41) is 5.58. The number of aromatic nitrogens is 1. The summed E-state index contributed by atoms with van der Waals surface area (Å²) in [5.41, 5.74) is 6.64. The number of carbonyl (C=O) groups excluding carboxylic acids is 2. The number of nitrogens with one attached hydrogen (secondary N) is 2. The topological polar surface area (TPSA) is 97.1 Å². The summed E-state index contributed by atoms with van der Waals surface area (Å²) >= 11 is 0. The van der Waals surface area contributed by atoms with E-state index in [0.29, 0.717) is 36.8 Å². The zero-order valence-electron chi connectivity index (χ0n) is 10.7. The normalized spacial score (nSPS) is 13.9. The van der Waals surface area contributed by atoms with E-state index < -0.39 is 0 Å². The van der Waals surface area contributed by atoms with Crippen LogP contribution in [0.3, 0.4) is 0 Å². The Morgan fingerprint density at radius 2 is 2.21 bits per heavy atom. The van der Waals surface area contributed by atoms with Gasteiger partial charge in [0.25, 0.3) is 5.91 Å². The molecule has 102 valence electrons. The summed E-state index contributed by atoms with van der Waals surface area (Å²) in [6.07, 6.45) is 3.99. The van der Waals surface area contributed by atoms with Crippen molar-refractivity contribution < 1.29 is 9.59 Å². The second kappa shape index (κ2) is 6.29. The molecule has 6 heteroatoms. The molecule has 0 spiro atoms. The van der Waals surface area contributed by atoms with Crippen molar-refractivity contribution in [1.29, 1.82) is 0 Å². The first-order valence-corrected chi connectivity index (χ1v) is 6.41. The van der Waals surface area contributed by atoms with E-state index in [4.69, 9.17) is 5.73 Å². The third-order valence-corrected chi connectivity index (χ3v) is 2.87.